The van der Waals surface area contributed by atoms with E-state index in [1.54, 1.807) is 42.7 Å². The van der Waals surface area contributed by atoms with Crippen molar-refractivity contribution in [2.24, 2.45) is 5.92 Å². The van der Waals surface area contributed by atoms with Crippen LogP contribution in [0, 0.1) is 5.92 Å². The molecule has 0 bridgehead atoms. The molecule has 10 heteroatoms. The van der Waals surface area contributed by atoms with Crippen molar-refractivity contribution in [3.63, 3.8) is 0 Å². The fourth-order valence-corrected chi connectivity index (χ4v) is 4.75. The Morgan fingerprint density at radius 3 is 1.63 bits per heavy atom. The standard InChI is InChI=1S/C20H38O10/c1-22-10-14-17(25-4)18(26-5)16(24-3)12(29-14)8-11-13(9-21)30-20(28-7)19(27-6)15(11)23-2/h11-21H,8-10H2,1-7H3/t11-,12+,13-,14-,15+,16-,17-,18-,19-,20+/m1/s1. The van der Waals surface area contributed by atoms with Crippen LogP contribution in [0.2, 0.25) is 0 Å². The highest BCUT2D eigenvalue weighted by Crippen LogP contribution is 2.37. The van der Waals surface area contributed by atoms with Gasteiger partial charge in [-0.1, -0.05) is 0 Å². The Bertz CT molecular complexity index is 481. The van der Waals surface area contributed by atoms with Gasteiger partial charge < -0.3 is 47.7 Å². The number of ether oxygens (including phenoxy) is 9. The molecule has 2 saturated heterocycles. The summed E-state index contributed by atoms with van der Waals surface area (Å²) in [5, 5.41) is 10.0. The van der Waals surface area contributed by atoms with Crippen LogP contribution in [0.5, 0.6) is 0 Å². The zero-order chi connectivity index (χ0) is 22.3. The van der Waals surface area contributed by atoms with Gasteiger partial charge in [0.15, 0.2) is 6.29 Å². The van der Waals surface area contributed by atoms with Gasteiger partial charge >= 0.3 is 0 Å². The third kappa shape index (κ3) is 5.32. The average molecular weight is 439 g/mol. The summed E-state index contributed by atoms with van der Waals surface area (Å²) in [7, 11) is 11.2. The van der Waals surface area contributed by atoms with Gasteiger partial charge in [0.1, 0.15) is 30.5 Å². The van der Waals surface area contributed by atoms with Gasteiger partial charge in [0.2, 0.25) is 0 Å². The minimum atomic E-state index is -0.648. The van der Waals surface area contributed by atoms with Crippen molar-refractivity contribution >= 4 is 0 Å². The van der Waals surface area contributed by atoms with Crippen LogP contribution in [0.15, 0.2) is 0 Å². The van der Waals surface area contributed by atoms with Crippen molar-refractivity contribution < 1.29 is 47.7 Å². The Labute approximate surface area is 178 Å². The highest BCUT2D eigenvalue weighted by atomic mass is 16.7. The topological polar surface area (TPSA) is 103 Å². The van der Waals surface area contributed by atoms with Crippen LogP contribution < -0.4 is 0 Å². The zero-order valence-electron chi connectivity index (χ0n) is 19.0. The third-order valence-corrected chi connectivity index (χ3v) is 6.14. The summed E-state index contributed by atoms with van der Waals surface area (Å²) in [5.74, 6) is -0.237. The molecule has 0 saturated carbocycles. The van der Waals surface area contributed by atoms with Crippen LogP contribution in [0.1, 0.15) is 6.42 Å². The predicted molar refractivity (Wildman–Crippen MR) is 105 cm³/mol. The van der Waals surface area contributed by atoms with Crippen LogP contribution >= 0.6 is 0 Å². The molecule has 0 aromatic rings. The zero-order valence-corrected chi connectivity index (χ0v) is 19.0. The maximum atomic E-state index is 10.0. The SMILES string of the molecule is COC[C@H]1O[C@@H](C[C@H]2[C@H](OC)[C@@H](OC)[C@@H](OC)O[C@@H]2CO)[C@@H](OC)[C@@H](OC)[C@@H]1OC. The first-order valence-corrected chi connectivity index (χ1v) is 10.1. The predicted octanol–water partition coefficient (Wildman–Crippen LogP) is -0.155. The summed E-state index contributed by atoms with van der Waals surface area (Å²) in [6.45, 7) is 0.150. The van der Waals surface area contributed by atoms with Crippen molar-refractivity contribution in [2.45, 2.75) is 61.5 Å². The van der Waals surface area contributed by atoms with Crippen molar-refractivity contribution in [3.8, 4) is 0 Å². The molecule has 0 aliphatic carbocycles. The fraction of sp³-hybridized carbons (Fsp3) is 1.00. The van der Waals surface area contributed by atoms with E-state index >= 15 is 0 Å². The Morgan fingerprint density at radius 1 is 0.600 bits per heavy atom. The van der Waals surface area contributed by atoms with Crippen LogP contribution in [-0.4, -0.2) is 123 Å². The van der Waals surface area contributed by atoms with Gasteiger partial charge in [-0.05, 0) is 6.42 Å². The molecule has 10 atom stereocenters. The maximum absolute atomic E-state index is 10.0. The van der Waals surface area contributed by atoms with Gasteiger partial charge in [0.05, 0.1) is 31.5 Å². The van der Waals surface area contributed by atoms with Gasteiger partial charge in [-0.15, -0.1) is 0 Å². The first-order valence-electron chi connectivity index (χ1n) is 10.1. The Balaban J connectivity index is 2.30. The van der Waals surface area contributed by atoms with E-state index in [-0.39, 0.29) is 43.0 Å². The summed E-state index contributed by atoms with van der Waals surface area (Å²) >= 11 is 0. The van der Waals surface area contributed by atoms with E-state index in [0.29, 0.717) is 13.0 Å². The highest BCUT2D eigenvalue weighted by molar-refractivity contribution is 4.99. The smallest absolute Gasteiger partial charge is 0.186 e. The summed E-state index contributed by atoms with van der Waals surface area (Å²) in [5.41, 5.74) is 0. The lowest BCUT2D eigenvalue weighted by atomic mass is 9.81. The van der Waals surface area contributed by atoms with E-state index < -0.39 is 24.6 Å². The summed E-state index contributed by atoms with van der Waals surface area (Å²) in [4.78, 5) is 0. The van der Waals surface area contributed by atoms with Gasteiger partial charge in [-0.3, -0.25) is 0 Å². The second-order valence-electron chi connectivity index (χ2n) is 7.53. The molecular formula is C20H38O10. The van der Waals surface area contributed by atoms with Gasteiger partial charge in [0, 0.05) is 55.7 Å². The molecule has 10 nitrogen and oxygen atoms in total. The lowest BCUT2D eigenvalue weighted by Crippen LogP contribution is -2.63. The molecule has 0 aromatic carbocycles. The van der Waals surface area contributed by atoms with Crippen LogP contribution in [0.4, 0.5) is 0 Å². The van der Waals surface area contributed by atoms with E-state index in [0.717, 1.165) is 0 Å². The van der Waals surface area contributed by atoms with E-state index in [1.807, 2.05) is 0 Å². The Kier molecular flexibility index (Phi) is 10.9. The minimum absolute atomic E-state index is 0.193. The highest BCUT2D eigenvalue weighted by Gasteiger charge is 2.52. The normalized spacial score (nSPS) is 42.4. The first kappa shape index (κ1) is 25.9. The molecule has 0 aromatic heterocycles. The molecule has 30 heavy (non-hydrogen) atoms. The molecule has 0 amide bonds. The van der Waals surface area contributed by atoms with Gasteiger partial charge in [-0.2, -0.15) is 0 Å². The average Bonchev–Trinajstić information content (AvgIpc) is 2.77. The van der Waals surface area contributed by atoms with E-state index in [2.05, 4.69) is 0 Å². The second kappa shape index (κ2) is 12.6. The fourth-order valence-electron chi connectivity index (χ4n) is 4.75. The number of rotatable bonds is 11. The molecule has 2 fully saturated rings. The lowest BCUT2D eigenvalue weighted by Gasteiger charge is -2.49. The number of aliphatic hydroxyl groups is 1. The molecule has 2 heterocycles. The molecule has 2 aliphatic rings. The lowest BCUT2D eigenvalue weighted by molar-refractivity contribution is -0.302. The minimum Gasteiger partial charge on any atom is -0.394 e. The molecule has 1 N–H and O–H groups in total. The molecule has 2 aliphatic heterocycles. The summed E-state index contributed by atoms with van der Waals surface area (Å²) in [6.07, 6.45) is -3.35. The summed E-state index contributed by atoms with van der Waals surface area (Å²) in [6, 6.07) is 0. The molecular weight excluding hydrogens is 400 g/mol. The Morgan fingerprint density at radius 2 is 1.17 bits per heavy atom. The van der Waals surface area contributed by atoms with Crippen molar-refractivity contribution in [1.82, 2.24) is 0 Å². The van der Waals surface area contributed by atoms with Crippen LogP contribution in [0.25, 0.3) is 0 Å². The van der Waals surface area contributed by atoms with Crippen molar-refractivity contribution in [1.29, 1.82) is 0 Å². The molecule has 178 valence electrons. The monoisotopic (exact) mass is 438 g/mol. The van der Waals surface area contributed by atoms with E-state index in [1.165, 1.54) is 7.11 Å². The number of hydrogen-bond donors (Lipinski definition) is 1. The number of hydrogen-bond acceptors (Lipinski definition) is 10. The number of aliphatic hydroxyl groups excluding tert-OH is 1. The van der Waals surface area contributed by atoms with Crippen molar-refractivity contribution in [3.05, 3.63) is 0 Å². The Hall–Kier alpha value is -0.400. The van der Waals surface area contributed by atoms with E-state index in [9.17, 15) is 5.11 Å². The molecule has 0 spiro atoms. The second-order valence-corrected chi connectivity index (χ2v) is 7.53. The summed E-state index contributed by atoms with van der Waals surface area (Å²) < 4.78 is 51.6. The van der Waals surface area contributed by atoms with Crippen LogP contribution in [0.3, 0.4) is 0 Å². The third-order valence-electron chi connectivity index (χ3n) is 6.14. The number of methoxy groups -OCH3 is 7. The molecule has 0 radical (unpaired) electrons. The molecule has 0 unspecified atom stereocenters. The molecule has 2 rings (SSSR count). The van der Waals surface area contributed by atoms with E-state index in [4.69, 9.17) is 42.6 Å². The van der Waals surface area contributed by atoms with Crippen LogP contribution in [-0.2, 0) is 42.6 Å². The van der Waals surface area contributed by atoms with Gasteiger partial charge in [-0.25, -0.2) is 0 Å². The largest absolute Gasteiger partial charge is 0.394 e. The quantitative estimate of drug-likeness (QED) is 0.468. The maximum Gasteiger partial charge on any atom is 0.186 e. The van der Waals surface area contributed by atoms with Crippen molar-refractivity contribution in [2.75, 3.05) is 63.0 Å². The first-order chi connectivity index (χ1) is 14.5. The van der Waals surface area contributed by atoms with Gasteiger partial charge in [0.25, 0.3) is 0 Å².